The van der Waals surface area contributed by atoms with Gasteiger partial charge in [-0.25, -0.2) is 0 Å². The van der Waals surface area contributed by atoms with Gasteiger partial charge in [0.1, 0.15) is 11.5 Å². The van der Waals surface area contributed by atoms with Crippen molar-refractivity contribution in [1.29, 1.82) is 0 Å². The smallest absolute Gasteiger partial charge is 0.156 e. The largest absolute Gasteiger partial charge is 0.507 e. The topological polar surface area (TPSA) is 46.5 Å². The molecule has 0 aliphatic heterocycles. The Morgan fingerprint density at radius 2 is 2.07 bits per heavy atom. The molecule has 0 unspecified atom stereocenters. The molecule has 0 aromatic heterocycles. The van der Waals surface area contributed by atoms with E-state index in [0.717, 1.165) is 6.08 Å². The summed E-state index contributed by atoms with van der Waals surface area (Å²) < 4.78 is 5.04. The minimum Gasteiger partial charge on any atom is -0.507 e. The number of ether oxygens (including phenoxy) is 1. The molecule has 0 atom stereocenters. The Morgan fingerprint density at radius 1 is 1.43 bits per heavy atom. The molecule has 14 heavy (non-hydrogen) atoms. The third-order valence-electron chi connectivity index (χ3n) is 1.72. The number of carbonyl (C=O) groups excluding carboxylic acids is 1. The maximum Gasteiger partial charge on any atom is 0.156 e. The monoisotopic (exact) mass is 192 g/mol. The van der Waals surface area contributed by atoms with Crippen LogP contribution >= 0.6 is 0 Å². The van der Waals surface area contributed by atoms with Crippen molar-refractivity contribution in [3.63, 3.8) is 0 Å². The molecule has 0 heterocycles. The summed E-state index contributed by atoms with van der Waals surface area (Å²) in [4.78, 5) is 10.7. The van der Waals surface area contributed by atoms with Crippen LogP contribution in [0, 0.1) is 0 Å². The molecule has 0 saturated heterocycles. The number of allylic oxidation sites excluding steroid dienone is 1. The lowest BCUT2D eigenvalue weighted by Gasteiger charge is -2.06. The number of hydrogen-bond donors (Lipinski definition) is 1. The van der Waals surface area contributed by atoms with Crippen LogP contribution in [0.2, 0.25) is 0 Å². The number of hydrogen-bond acceptors (Lipinski definition) is 3. The minimum atomic E-state index is -0.201. The van der Waals surface area contributed by atoms with Crippen molar-refractivity contribution in [2.75, 3.05) is 7.11 Å². The Labute approximate surface area is 82.6 Å². The van der Waals surface area contributed by atoms with Gasteiger partial charge in [-0.2, -0.15) is 0 Å². The van der Waals surface area contributed by atoms with Crippen molar-refractivity contribution < 1.29 is 14.6 Å². The lowest BCUT2D eigenvalue weighted by atomic mass is 10.1. The highest BCUT2D eigenvalue weighted by atomic mass is 16.5. The third kappa shape index (κ3) is 2.36. The first-order valence-corrected chi connectivity index (χ1v) is 4.19. The van der Waals surface area contributed by atoms with Crippen molar-refractivity contribution in [3.05, 3.63) is 35.9 Å². The predicted octanol–water partition coefficient (Wildman–Crippen LogP) is 2.18. The first kappa shape index (κ1) is 10.3. The highest BCUT2D eigenvalue weighted by molar-refractivity contribution is 5.93. The molecular weight excluding hydrogens is 180 g/mol. The fraction of sp³-hybridized carbons (Fsp3) is 0.182. The Morgan fingerprint density at radius 3 is 2.64 bits per heavy atom. The van der Waals surface area contributed by atoms with E-state index >= 15 is 0 Å². The van der Waals surface area contributed by atoms with Crippen molar-refractivity contribution in [3.8, 4) is 5.75 Å². The predicted molar refractivity (Wildman–Crippen MR) is 54.3 cm³/mol. The first-order chi connectivity index (χ1) is 6.65. The fourth-order valence-corrected chi connectivity index (χ4v) is 1.13. The van der Waals surface area contributed by atoms with Crippen molar-refractivity contribution in [1.82, 2.24) is 0 Å². The van der Waals surface area contributed by atoms with Crippen molar-refractivity contribution in [2.24, 2.45) is 0 Å². The Hall–Kier alpha value is -1.77. The van der Waals surface area contributed by atoms with Gasteiger partial charge in [0.05, 0.1) is 12.7 Å². The van der Waals surface area contributed by atoms with E-state index in [4.69, 9.17) is 4.74 Å². The molecule has 0 saturated carbocycles. The van der Waals surface area contributed by atoms with Gasteiger partial charge >= 0.3 is 0 Å². The van der Waals surface area contributed by atoms with E-state index in [-0.39, 0.29) is 11.5 Å². The molecule has 0 aliphatic rings. The molecule has 1 rings (SSSR count). The summed E-state index contributed by atoms with van der Waals surface area (Å²) in [7, 11) is 1.51. The van der Waals surface area contributed by atoms with Crippen LogP contribution < -0.4 is 4.74 Å². The van der Waals surface area contributed by atoms with Crippen LogP contribution in [0.4, 0.5) is 0 Å². The lowest BCUT2D eigenvalue weighted by molar-refractivity contribution is -0.112. The van der Waals surface area contributed by atoms with Gasteiger partial charge in [0.25, 0.3) is 0 Å². The zero-order valence-corrected chi connectivity index (χ0v) is 8.15. The maximum absolute atomic E-state index is 10.7. The normalized spacial score (nSPS) is 11.1. The fourth-order valence-electron chi connectivity index (χ4n) is 1.13. The molecule has 0 radical (unpaired) electrons. The summed E-state index contributed by atoms with van der Waals surface area (Å²) in [6.45, 7) is 1.38. The zero-order chi connectivity index (χ0) is 10.6. The van der Waals surface area contributed by atoms with E-state index in [1.165, 1.54) is 14.0 Å². The van der Waals surface area contributed by atoms with E-state index in [0.29, 0.717) is 11.3 Å². The van der Waals surface area contributed by atoms with E-state index in [1.54, 1.807) is 24.3 Å². The van der Waals surface area contributed by atoms with Crippen LogP contribution in [-0.2, 0) is 4.79 Å². The molecule has 1 N–H and O–H groups in total. The second-order valence-corrected chi connectivity index (χ2v) is 2.84. The molecule has 0 amide bonds. The summed E-state index contributed by atoms with van der Waals surface area (Å²) in [6.07, 6.45) is 1.16. The molecule has 1 aromatic rings. The Kier molecular flexibility index (Phi) is 3.29. The molecule has 3 nitrogen and oxygen atoms in total. The maximum atomic E-state index is 10.7. The van der Waals surface area contributed by atoms with Crippen LogP contribution in [0.1, 0.15) is 12.5 Å². The molecular formula is C11H12O3. The van der Waals surface area contributed by atoms with Gasteiger partial charge in [-0.3, -0.25) is 4.79 Å². The molecule has 74 valence electrons. The number of para-hydroxylation sites is 1. The summed E-state index contributed by atoms with van der Waals surface area (Å²) in [5, 5.41) is 9.56. The van der Waals surface area contributed by atoms with E-state index < -0.39 is 0 Å². The molecule has 0 spiro atoms. The number of carbonyl (C=O) groups is 1. The second kappa shape index (κ2) is 4.46. The van der Waals surface area contributed by atoms with Gasteiger partial charge in [0.2, 0.25) is 0 Å². The molecule has 0 fully saturated rings. The van der Waals surface area contributed by atoms with Crippen LogP contribution in [0.15, 0.2) is 30.3 Å². The zero-order valence-electron chi connectivity index (χ0n) is 8.15. The van der Waals surface area contributed by atoms with Gasteiger partial charge in [0, 0.05) is 6.08 Å². The Balaban J connectivity index is 3.11. The summed E-state index contributed by atoms with van der Waals surface area (Å²) in [5.74, 6) is 0.269. The SMILES string of the molecule is COc1ccccc1/C(O)=C/C(C)=O. The number of ketones is 1. The highest BCUT2D eigenvalue weighted by Gasteiger charge is 2.06. The average molecular weight is 192 g/mol. The highest BCUT2D eigenvalue weighted by Crippen LogP contribution is 2.23. The number of methoxy groups -OCH3 is 1. The van der Waals surface area contributed by atoms with E-state index in [1.807, 2.05) is 0 Å². The number of rotatable bonds is 3. The third-order valence-corrected chi connectivity index (χ3v) is 1.72. The second-order valence-electron chi connectivity index (χ2n) is 2.84. The van der Waals surface area contributed by atoms with Crippen LogP contribution in [0.25, 0.3) is 5.76 Å². The molecule has 0 bridgehead atoms. The van der Waals surface area contributed by atoms with Crippen molar-refractivity contribution in [2.45, 2.75) is 6.92 Å². The molecule has 0 aliphatic carbocycles. The Bertz CT molecular complexity index is 367. The number of aliphatic hydroxyl groups is 1. The average Bonchev–Trinajstić information content (AvgIpc) is 2.16. The minimum absolute atomic E-state index is 0.0741. The quantitative estimate of drug-likeness (QED) is 0.589. The van der Waals surface area contributed by atoms with Crippen LogP contribution in [-0.4, -0.2) is 18.0 Å². The summed E-state index contributed by atoms with van der Waals surface area (Å²) in [6, 6.07) is 6.97. The lowest BCUT2D eigenvalue weighted by Crippen LogP contribution is -1.93. The van der Waals surface area contributed by atoms with Gasteiger partial charge in [-0.15, -0.1) is 0 Å². The summed E-state index contributed by atoms with van der Waals surface area (Å²) in [5.41, 5.74) is 0.519. The van der Waals surface area contributed by atoms with Crippen molar-refractivity contribution >= 4 is 11.5 Å². The summed E-state index contributed by atoms with van der Waals surface area (Å²) >= 11 is 0. The van der Waals surface area contributed by atoms with Gasteiger partial charge in [0.15, 0.2) is 5.78 Å². The van der Waals surface area contributed by atoms with Gasteiger partial charge < -0.3 is 9.84 Å². The van der Waals surface area contributed by atoms with Gasteiger partial charge in [-0.1, -0.05) is 12.1 Å². The van der Waals surface area contributed by atoms with Crippen LogP contribution in [0.5, 0.6) is 5.75 Å². The van der Waals surface area contributed by atoms with E-state index in [9.17, 15) is 9.90 Å². The molecule has 3 heteroatoms. The first-order valence-electron chi connectivity index (χ1n) is 4.19. The van der Waals surface area contributed by atoms with Gasteiger partial charge in [-0.05, 0) is 19.1 Å². The van der Waals surface area contributed by atoms with Crippen LogP contribution in [0.3, 0.4) is 0 Å². The molecule has 1 aromatic carbocycles. The standard InChI is InChI=1S/C11H12O3/c1-8(12)7-10(13)9-5-3-4-6-11(9)14-2/h3-7,13H,1-2H3/b10-7-. The van der Waals surface area contributed by atoms with E-state index in [2.05, 4.69) is 0 Å². The number of benzene rings is 1. The number of aliphatic hydroxyl groups excluding tert-OH is 1.